The first-order chi connectivity index (χ1) is 6.63. The summed E-state index contributed by atoms with van der Waals surface area (Å²) in [4.78, 5) is 10.7. The molecule has 1 atom stereocenters. The number of carbonyl (C=O) groups is 1. The van der Waals surface area contributed by atoms with Crippen LogP contribution in [0, 0.1) is 5.82 Å². The third-order valence-corrected chi connectivity index (χ3v) is 1.79. The maximum absolute atomic E-state index is 13.0. The number of ether oxygens (including phenoxy) is 1. The highest BCUT2D eigenvalue weighted by molar-refractivity contribution is 5.74. The molecule has 1 aromatic carbocycles. The molecule has 0 aromatic heterocycles. The number of alkyl halides is 1. The molecule has 0 aliphatic heterocycles. The first kappa shape index (κ1) is 10.6. The molecule has 0 saturated carbocycles. The van der Waals surface area contributed by atoms with Gasteiger partial charge in [-0.25, -0.2) is 13.6 Å². The molecule has 0 fully saturated rings. The second-order valence-corrected chi connectivity index (χ2v) is 2.82. The smallest absolute Gasteiger partial charge is 0.340 e. The fourth-order valence-electron chi connectivity index (χ4n) is 1.04. The van der Waals surface area contributed by atoms with Crippen molar-refractivity contribution in [3.05, 3.63) is 35.6 Å². The number of hydrogen-bond acceptors (Lipinski definition) is 2. The number of hydrogen-bond donors (Lipinski definition) is 0. The second kappa shape index (κ2) is 4.69. The minimum Gasteiger partial charge on any atom is -0.467 e. The van der Waals surface area contributed by atoms with Crippen LogP contribution >= 0.6 is 0 Å². The Morgan fingerprint density at radius 1 is 1.43 bits per heavy atom. The minimum atomic E-state index is -1.69. The SMILES string of the molecule is COC(=O)C(F)Cc1ccc(F)cc1. The molecular weight excluding hydrogens is 190 g/mol. The van der Waals surface area contributed by atoms with E-state index in [1.807, 2.05) is 0 Å². The van der Waals surface area contributed by atoms with Crippen molar-refractivity contribution in [1.29, 1.82) is 0 Å². The lowest BCUT2D eigenvalue weighted by Crippen LogP contribution is -2.19. The summed E-state index contributed by atoms with van der Waals surface area (Å²) in [7, 11) is 1.12. The molecule has 0 aliphatic rings. The zero-order chi connectivity index (χ0) is 10.6. The summed E-state index contributed by atoms with van der Waals surface area (Å²) >= 11 is 0. The standard InChI is InChI=1S/C10H10F2O2/c1-14-10(13)9(12)6-7-2-4-8(11)5-3-7/h2-5,9H,6H2,1H3. The number of rotatable bonds is 3. The minimum absolute atomic E-state index is 0.0903. The third-order valence-electron chi connectivity index (χ3n) is 1.79. The summed E-state index contributed by atoms with van der Waals surface area (Å²) < 4.78 is 29.7. The zero-order valence-corrected chi connectivity index (χ0v) is 7.67. The van der Waals surface area contributed by atoms with Crippen molar-refractivity contribution in [2.24, 2.45) is 0 Å². The van der Waals surface area contributed by atoms with E-state index in [0.717, 1.165) is 7.11 Å². The van der Waals surface area contributed by atoms with Crippen LogP contribution in [0.2, 0.25) is 0 Å². The number of esters is 1. The van der Waals surface area contributed by atoms with Crippen molar-refractivity contribution in [3.63, 3.8) is 0 Å². The van der Waals surface area contributed by atoms with Gasteiger partial charge in [-0.2, -0.15) is 0 Å². The van der Waals surface area contributed by atoms with Crippen LogP contribution in [0.1, 0.15) is 5.56 Å². The quantitative estimate of drug-likeness (QED) is 0.696. The van der Waals surface area contributed by atoms with Crippen molar-refractivity contribution in [3.8, 4) is 0 Å². The summed E-state index contributed by atoms with van der Waals surface area (Å²) in [6.07, 6.45) is -1.78. The first-order valence-corrected chi connectivity index (χ1v) is 4.10. The second-order valence-electron chi connectivity index (χ2n) is 2.82. The van der Waals surface area contributed by atoms with Crippen molar-refractivity contribution in [1.82, 2.24) is 0 Å². The lowest BCUT2D eigenvalue weighted by Gasteiger charge is -2.05. The Morgan fingerprint density at radius 3 is 2.50 bits per heavy atom. The van der Waals surface area contributed by atoms with Crippen LogP contribution in [-0.2, 0) is 16.0 Å². The highest BCUT2D eigenvalue weighted by Gasteiger charge is 2.17. The van der Waals surface area contributed by atoms with E-state index in [1.54, 1.807) is 0 Å². The van der Waals surface area contributed by atoms with Gasteiger partial charge in [0.1, 0.15) is 5.82 Å². The van der Waals surface area contributed by atoms with Gasteiger partial charge in [0.25, 0.3) is 0 Å². The molecule has 0 amide bonds. The lowest BCUT2D eigenvalue weighted by atomic mass is 10.1. The van der Waals surface area contributed by atoms with E-state index in [0.29, 0.717) is 5.56 Å². The van der Waals surface area contributed by atoms with Gasteiger partial charge < -0.3 is 4.74 Å². The van der Waals surface area contributed by atoms with Crippen LogP contribution in [0.15, 0.2) is 24.3 Å². The molecule has 0 heterocycles. The van der Waals surface area contributed by atoms with E-state index >= 15 is 0 Å². The fraction of sp³-hybridized carbons (Fsp3) is 0.300. The Morgan fingerprint density at radius 2 is 2.00 bits per heavy atom. The molecule has 0 N–H and O–H groups in total. The van der Waals surface area contributed by atoms with Gasteiger partial charge in [0.2, 0.25) is 6.17 Å². The van der Waals surface area contributed by atoms with Gasteiger partial charge >= 0.3 is 5.97 Å². The summed E-state index contributed by atoms with van der Waals surface area (Å²) in [5.41, 5.74) is 0.560. The maximum atomic E-state index is 13.0. The molecule has 1 aromatic rings. The molecule has 0 radical (unpaired) electrons. The normalized spacial score (nSPS) is 12.2. The molecule has 2 nitrogen and oxygen atoms in total. The molecule has 0 bridgehead atoms. The average molecular weight is 200 g/mol. The fourth-order valence-corrected chi connectivity index (χ4v) is 1.04. The van der Waals surface area contributed by atoms with E-state index in [2.05, 4.69) is 4.74 Å². The van der Waals surface area contributed by atoms with Crippen molar-refractivity contribution in [2.75, 3.05) is 7.11 Å². The van der Waals surface area contributed by atoms with Crippen LogP contribution in [0.25, 0.3) is 0 Å². The van der Waals surface area contributed by atoms with E-state index in [9.17, 15) is 13.6 Å². The van der Waals surface area contributed by atoms with Gasteiger partial charge in [-0.3, -0.25) is 0 Å². The Kier molecular flexibility index (Phi) is 3.56. The maximum Gasteiger partial charge on any atom is 0.340 e. The molecule has 0 spiro atoms. The monoisotopic (exact) mass is 200 g/mol. The van der Waals surface area contributed by atoms with Crippen LogP contribution in [0.5, 0.6) is 0 Å². The van der Waals surface area contributed by atoms with Gasteiger partial charge in [-0.1, -0.05) is 12.1 Å². The Balaban J connectivity index is 2.60. The summed E-state index contributed by atoms with van der Waals surface area (Å²) in [6.45, 7) is 0. The average Bonchev–Trinajstić information content (AvgIpc) is 2.20. The van der Waals surface area contributed by atoms with E-state index in [4.69, 9.17) is 0 Å². The Bertz CT molecular complexity index is 308. The van der Waals surface area contributed by atoms with Gasteiger partial charge in [-0.05, 0) is 17.7 Å². The van der Waals surface area contributed by atoms with Crippen LogP contribution < -0.4 is 0 Å². The Labute approximate surface area is 80.5 Å². The van der Waals surface area contributed by atoms with E-state index < -0.39 is 12.1 Å². The van der Waals surface area contributed by atoms with Gasteiger partial charge in [0, 0.05) is 6.42 Å². The molecule has 76 valence electrons. The number of benzene rings is 1. The first-order valence-electron chi connectivity index (χ1n) is 4.10. The van der Waals surface area contributed by atoms with Crippen LogP contribution in [-0.4, -0.2) is 19.3 Å². The number of carbonyl (C=O) groups excluding carboxylic acids is 1. The van der Waals surface area contributed by atoms with Crippen molar-refractivity contribution in [2.45, 2.75) is 12.6 Å². The van der Waals surface area contributed by atoms with E-state index in [-0.39, 0.29) is 12.2 Å². The Hall–Kier alpha value is -1.45. The molecule has 0 aliphatic carbocycles. The highest BCUT2D eigenvalue weighted by Crippen LogP contribution is 2.08. The zero-order valence-electron chi connectivity index (χ0n) is 7.67. The van der Waals surface area contributed by atoms with Crippen LogP contribution in [0.4, 0.5) is 8.78 Å². The molecule has 4 heteroatoms. The molecule has 0 saturated heterocycles. The molecule has 1 unspecified atom stereocenters. The number of methoxy groups -OCH3 is 1. The lowest BCUT2D eigenvalue weighted by molar-refractivity contribution is -0.146. The van der Waals surface area contributed by atoms with Crippen LogP contribution in [0.3, 0.4) is 0 Å². The van der Waals surface area contributed by atoms with Gasteiger partial charge in [-0.15, -0.1) is 0 Å². The molecule has 1 rings (SSSR count). The predicted octanol–water partition coefficient (Wildman–Crippen LogP) is 1.88. The summed E-state index contributed by atoms with van der Waals surface area (Å²) in [6, 6.07) is 5.31. The highest BCUT2D eigenvalue weighted by atomic mass is 19.1. The van der Waals surface area contributed by atoms with Gasteiger partial charge in [0.15, 0.2) is 0 Å². The third kappa shape index (κ3) is 2.80. The van der Waals surface area contributed by atoms with Crippen molar-refractivity contribution < 1.29 is 18.3 Å². The largest absolute Gasteiger partial charge is 0.467 e. The van der Waals surface area contributed by atoms with Crippen molar-refractivity contribution >= 4 is 5.97 Å². The molecular formula is C10H10F2O2. The van der Waals surface area contributed by atoms with Gasteiger partial charge in [0.05, 0.1) is 7.11 Å². The predicted molar refractivity (Wildman–Crippen MR) is 47.0 cm³/mol. The van der Waals surface area contributed by atoms with E-state index in [1.165, 1.54) is 24.3 Å². The number of halogens is 2. The topological polar surface area (TPSA) is 26.3 Å². The summed E-state index contributed by atoms with van der Waals surface area (Å²) in [5.74, 6) is -1.29. The molecule has 14 heavy (non-hydrogen) atoms. The summed E-state index contributed by atoms with van der Waals surface area (Å²) in [5, 5.41) is 0.